The molecule has 0 bridgehead atoms. The van der Waals surface area contributed by atoms with Crippen molar-refractivity contribution in [1.82, 2.24) is 15.1 Å². The van der Waals surface area contributed by atoms with Crippen molar-refractivity contribution in [2.45, 2.75) is 52.5 Å². The van der Waals surface area contributed by atoms with Crippen molar-refractivity contribution < 1.29 is 9.59 Å². The number of rotatable bonds is 8. The topological polar surface area (TPSA) is 75.2 Å². The Morgan fingerprint density at radius 1 is 1.26 bits per heavy atom. The highest BCUT2D eigenvalue weighted by atomic mass is 32.1. The Morgan fingerprint density at radius 3 is 2.78 bits per heavy atom. The third-order valence-corrected chi connectivity index (χ3v) is 5.67. The quantitative estimate of drug-likeness (QED) is 0.704. The fourth-order valence-corrected chi connectivity index (χ4v) is 3.94. The fourth-order valence-electron chi connectivity index (χ4n) is 3.15. The Labute approximate surface area is 164 Å². The number of nitrogens with one attached hydrogen (secondary N) is 1. The lowest BCUT2D eigenvalue weighted by Crippen LogP contribution is -2.28. The van der Waals surface area contributed by atoms with Crippen LogP contribution in [0.25, 0.3) is 0 Å². The molecule has 7 heteroatoms. The Hall–Kier alpha value is -2.28. The standard InChI is InChI=1S/C20H26N4O2S/c1-3-4-5-6-17-22-23-20(27-17)21-19(26)16-11-18(25)24(13-16)12-15-9-7-14(2)8-10-15/h7-10,16H,3-6,11-13H2,1-2H3,(H,21,23,26). The SMILES string of the molecule is CCCCCc1nnc(NC(=O)C2CC(=O)N(Cc3ccc(C)cc3)C2)s1. The van der Waals surface area contributed by atoms with E-state index in [0.29, 0.717) is 18.2 Å². The molecule has 1 fully saturated rings. The van der Waals surface area contributed by atoms with Crippen LogP contribution in [-0.4, -0.2) is 33.5 Å². The Bertz CT molecular complexity index is 788. The number of likely N-dealkylation sites (tertiary alicyclic amines) is 1. The van der Waals surface area contributed by atoms with Crippen LogP contribution in [0.15, 0.2) is 24.3 Å². The maximum Gasteiger partial charge on any atom is 0.231 e. The van der Waals surface area contributed by atoms with Crippen molar-refractivity contribution in [3.05, 3.63) is 40.4 Å². The van der Waals surface area contributed by atoms with Gasteiger partial charge in [-0.1, -0.05) is 60.9 Å². The first-order valence-corrected chi connectivity index (χ1v) is 10.3. The zero-order valence-corrected chi connectivity index (χ0v) is 16.7. The minimum atomic E-state index is -0.338. The first-order chi connectivity index (χ1) is 13.0. The first-order valence-electron chi connectivity index (χ1n) is 9.51. The minimum Gasteiger partial charge on any atom is -0.338 e. The van der Waals surface area contributed by atoms with Crippen molar-refractivity contribution in [1.29, 1.82) is 0 Å². The Kier molecular flexibility index (Phi) is 6.55. The number of aryl methyl sites for hydroxylation is 2. The van der Waals surface area contributed by atoms with Crippen LogP contribution in [0.4, 0.5) is 5.13 Å². The highest BCUT2D eigenvalue weighted by Gasteiger charge is 2.34. The lowest BCUT2D eigenvalue weighted by atomic mass is 10.1. The molecule has 1 aliphatic rings. The molecule has 2 amide bonds. The Morgan fingerprint density at radius 2 is 2.04 bits per heavy atom. The van der Waals surface area contributed by atoms with Gasteiger partial charge >= 0.3 is 0 Å². The number of carbonyl (C=O) groups is 2. The molecule has 2 heterocycles. The van der Waals surface area contributed by atoms with E-state index in [1.165, 1.54) is 23.3 Å². The van der Waals surface area contributed by atoms with E-state index in [4.69, 9.17) is 0 Å². The van der Waals surface area contributed by atoms with Gasteiger partial charge in [0, 0.05) is 25.9 Å². The summed E-state index contributed by atoms with van der Waals surface area (Å²) in [6.45, 7) is 5.19. The van der Waals surface area contributed by atoms with Gasteiger partial charge in [0.15, 0.2) is 0 Å². The third-order valence-electron chi connectivity index (χ3n) is 4.77. The van der Waals surface area contributed by atoms with Gasteiger partial charge in [-0.05, 0) is 18.9 Å². The molecular weight excluding hydrogens is 360 g/mol. The minimum absolute atomic E-state index is 0.0215. The van der Waals surface area contributed by atoms with E-state index < -0.39 is 0 Å². The molecular formula is C20H26N4O2S. The molecule has 1 unspecified atom stereocenters. The normalized spacial score (nSPS) is 16.7. The number of carbonyl (C=O) groups excluding carboxylic acids is 2. The van der Waals surface area contributed by atoms with Gasteiger partial charge in [0.2, 0.25) is 16.9 Å². The van der Waals surface area contributed by atoms with E-state index >= 15 is 0 Å². The van der Waals surface area contributed by atoms with Crippen LogP contribution in [0, 0.1) is 12.8 Å². The van der Waals surface area contributed by atoms with E-state index in [-0.39, 0.29) is 24.2 Å². The largest absolute Gasteiger partial charge is 0.338 e. The number of benzene rings is 1. The molecule has 6 nitrogen and oxygen atoms in total. The summed E-state index contributed by atoms with van der Waals surface area (Å²) in [7, 11) is 0. The summed E-state index contributed by atoms with van der Waals surface area (Å²) in [6, 6.07) is 8.12. The summed E-state index contributed by atoms with van der Waals surface area (Å²) < 4.78 is 0. The van der Waals surface area contributed by atoms with Gasteiger partial charge in [-0.2, -0.15) is 0 Å². The number of unbranched alkanes of at least 4 members (excludes halogenated alkanes) is 2. The second-order valence-electron chi connectivity index (χ2n) is 7.11. The highest BCUT2D eigenvalue weighted by Crippen LogP contribution is 2.23. The maximum absolute atomic E-state index is 12.5. The molecule has 1 N–H and O–H groups in total. The molecule has 1 aliphatic heterocycles. The molecule has 3 rings (SSSR count). The number of hydrogen-bond acceptors (Lipinski definition) is 5. The summed E-state index contributed by atoms with van der Waals surface area (Å²) in [5.41, 5.74) is 2.27. The summed E-state index contributed by atoms with van der Waals surface area (Å²) in [6.07, 6.45) is 4.57. The monoisotopic (exact) mass is 386 g/mol. The van der Waals surface area contributed by atoms with Crippen molar-refractivity contribution >= 4 is 28.3 Å². The van der Waals surface area contributed by atoms with Crippen molar-refractivity contribution in [2.75, 3.05) is 11.9 Å². The predicted octanol–water partition coefficient (Wildman–Crippen LogP) is 3.57. The van der Waals surface area contributed by atoms with Crippen LogP contribution in [0.5, 0.6) is 0 Å². The first kappa shape index (κ1) is 19.5. The zero-order valence-electron chi connectivity index (χ0n) is 15.9. The molecule has 0 aliphatic carbocycles. The van der Waals surface area contributed by atoms with E-state index in [0.717, 1.165) is 29.8 Å². The lowest BCUT2D eigenvalue weighted by Gasteiger charge is -2.16. The van der Waals surface area contributed by atoms with Crippen molar-refractivity contribution in [3.63, 3.8) is 0 Å². The third kappa shape index (κ3) is 5.35. The van der Waals surface area contributed by atoms with Gasteiger partial charge in [-0.3, -0.25) is 9.59 Å². The average molecular weight is 387 g/mol. The summed E-state index contributed by atoms with van der Waals surface area (Å²) in [5.74, 6) is -0.463. The molecule has 1 saturated heterocycles. The van der Waals surface area contributed by atoms with Crippen LogP contribution in [0.1, 0.15) is 48.7 Å². The van der Waals surface area contributed by atoms with Crippen LogP contribution >= 0.6 is 11.3 Å². The van der Waals surface area contributed by atoms with Crippen molar-refractivity contribution in [3.8, 4) is 0 Å². The van der Waals surface area contributed by atoms with E-state index in [9.17, 15) is 9.59 Å². The average Bonchev–Trinajstić information content (AvgIpc) is 3.24. The number of aromatic nitrogens is 2. The zero-order chi connectivity index (χ0) is 19.2. The van der Waals surface area contributed by atoms with Gasteiger partial charge < -0.3 is 10.2 Å². The predicted molar refractivity (Wildman–Crippen MR) is 106 cm³/mol. The van der Waals surface area contributed by atoms with Crippen LogP contribution in [0.3, 0.4) is 0 Å². The molecule has 0 radical (unpaired) electrons. The van der Waals surface area contributed by atoms with E-state index in [1.54, 1.807) is 4.90 Å². The van der Waals surface area contributed by atoms with E-state index in [2.05, 4.69) is 22.4 Å². The molecule has 1 atom stereocenters. The molecule has 1 aromatic heterocycles. The Balaban J connectivity index is 1.52. The van der Waals surface area contributed by atoms with Gasteiger partial charge in [-0.15, -0.1) is 10.2 Å². The molecule has 144 valence electrons. The van der Waals surface area contributed by atoms with E-state index in [1.807, 2.05) is 31.2 Å². The number of anilines is 1. The van der Waals surface area contributed by atoms with Gasteiger partial charge in [0.1, 0.15) is 5.01 Å². The van der Waals surface area contributed by atoms with Crippen LogP contribution in [-0.2, 0) is 22.6 Å². The summed E-state index contributed by atoms with van der Waals surface area (Å²) in [4.78, 5) is 26.6. The molecule has 27 heavy (non-hydrogen) atoms. The smallest absolute Gasteiger partial charge is 0.231 e. The fraction of sp³-hybridized carbons (Fsp3) is 0.500. The number of nitrogens with zero attached hydrogens (tertiary/aromatic N) is 3. The maximum atomic E-state index is 12.5. The van der Waals surface area contributed by atoms with Gasteiger partial charge in [-0.25, -0.2) is 0 Å². The van der Waals surface area contributed by atoms with Gasteiger partial charge in [0.25, 0.3) is 0 Å². The lowest BCUT2D eigenvalue weighted by molar-refractivity contribution is -0.128. The molecule has 0 spiro atoms. The highest BCUT2D eigenvalue weighted by molar-refractivity contribution is 7.15. The van der Waals surface area contributed by atoms with Crippen LogP contribution in [0.2, 0.25) is 0 Å². The van der Waals surface area contributed by atoms with Crippen LogP contribution < -0.4 is 5.32 Å². The number of amides is 2. The molecule has 1 aromatic carbocycles. The second-order valence-corrected chi connectivity index (χ2v) is 8.17. The molecule has 2 aromatic rings. The van der Waals surface area contributed by atoms with Gasteiger partial charge in [0.05, 0.1) is 5.92 Å². The van der Waals surface area contributed by atoms with Crippen molar-refractivity contribution in [2.24, 2.45) is 5.92 Å². The summed E-state index contributed by atoms with van der Waals surface area (Å²) >= 11 is 1.42. The summed E-state index contributed by atoms with van der Waals surface area (Å²) in [5, 5.41) is 12.5. The molecule has 0 saturated carbocycles. The second kappa shape index (κ2) is 9.08. The number of hydrogen-bond donors (Lipinski definition) is 1.